The Morgan fingerprint density at radius 1 is 0.750 bits per heavy atom. The molecule has 0 saturated carbocycles. The molecule has 2 aliphatic rings. The van der Waals surface area contributed by atoms with Crippen LogP contribution < -0.4 is 0 Å². The molecule has 3 nitrogen and oxygen atoms in total. The molecule has 2 saturated heterocycles. The number of β-amino-alcohol motifs (C(OH)–C–C–N with tert-alkyl or cyclic N) is 1. The van der Waals surface area contributed by atoms with Crippen LogP contribution in [-0.4, -0.2) is 59.3 Å². The van der Waals surface area contributed by atoms with E-state index in [0.29, 0.717) is 18.0 Å². The van der Waals surface area contributed by atoms with Gasteiger partial charge < -0.3 is 5.11 Å². The summed E-state index contributed by atoms with van der Waals surface area (Å²) >= 11 is 0. The molecule has 166 valence electrons. The zero-order valence-electron chi connectivity index (χ0n) is 18.8. The Bertz CT molecular complexity index is 923. The molecule has 2 aliphatic heterocycles. The molecule has 32 heavy (non-hydrogen) atoms. The van der Waals surface area contributed by atoms with Crippen LogP contribution in [0.5, 0.6) is 0 Å². The van der Waals surface area contributed by atoms with E-state index in [-0.39, 0.29) is 6.10 Å². The van der Waals surface area contributed by atoms with Crippen molar-refractivity contribution in [3.8, 4) is 0 Å². The van der Waals surface area contributed by atoms with Gasteiger partial charge in [0.2, 0.25) is 0 Å². The fraction of sp³-hybridized carbons (Fsp3) is 0.379. The Labute approximate surface area is 192 Å². The average Bonchev–Trinajstić information content (AvgIpc) is 2.84. The van der Waals surface area contributed by atoms with Gasteiger partial charge in [-0.1, -0.05) is 91.0 Å². The van der Waals surface area contributed by atoms with Crippen molar-refractivity contribution in [2.45, 2.75) is 43.4 Å². The first-order valence-corrected chi connectivity index (χ1v) is 12.1. The van der Waals surface area contributed by atoms with E-state index in [4.69, 9.17) is 0 Å². The second-order valence-electron chi connectivity index (χ2n) is 9.43. The second kappa shape index (κ2) is 9.99. The number of piperidine rings is 1. The highest BCUT2D eigenvalue weighted by molar-refractivity contribution is 5.34. The molecule has 0 spiro atoms. The third kappa shape index (κ3) is 4.80. The molecule has 0 aromatic heterocycles. The quantitative estimate of drug-likeness (QED) is 0.600. The summed E-state index contributed by atoms with van der Waals surface area (Å²) in [5.41, 5.74) is 4.06. The zero-order chi connectivity index (χ0) is 21.8. The highest BCUT2D eigenvalue weighted by Crippen LogP contribution is 2.38. The highest BCUT2D eigenvalue weighted by atomic mass is 16.3. The van der Waals surface area contributed by atoms with Gasteiger partial charge in [-0.3, -0.25) is 9.80 Å². The normalized spacial score (nSPS) is 24.4. The molecule has 4 atom stereocenters. The van der Waals surface area contributed by atoms with Crippen LogP contribution in [0.4, 0.5) is 0 Å². The predicted molar refractivity (Wildman–Crippen MR) is 131 cm³/mol. The molecule has 0 aliphatic carbocycles. The number of nitrogens with zero attached hydrogens (tertiary/aromatic N) is 2. The molecule has 3 aromatic rings. The second-order valence-corrected chi connectivity index (χ2v) is 9.43. The number of benzene rings is 3. The number of piperazine rings is 1. The molecular formula is C29H34N2O. The Hall–Kier alpha value is -2.46. The summed E-state index contributed by atoms with van der Waals surface area (Å²) in [5, 5.41) is 10.7. The lowest BCUT2D eigenvalue weighted by Gasteiger charge is -2.51. The number of hydrogen-bond donors (Lipinski definition) is 1. The predicted octanol–water partition coefficient (Wildman–Crippen LogP) is 4.57. The van der Waals surface area contributed by atoms with Gasteiger partial charge in [0.15, 0.2) is 0 Å². The van der Waals surface area contributed by atoms with Crippen molar-refractivity contribution in [1.29, 1.82) is 0 Å². The highest BCUT2D eigenvalue weighted by Gasteiger charge is 2.40. The van der Waals surface area contributed by atoms with Crippen molar-refractivity contribution in [2.75, 3.05) is 26.2 Å². The van der Waals surface area contributed by atoms with Gasteiger partial charge in [-0.15, -0.1) is 0 Å². The van der Waals surface area contributed by atoms with Crippen LogP contribution >= 0.6 is 0 Å². The van der Waals surface area contributed by atoms with E-state index in [1.165, 1.54) is 29.5 Å². The summed E-state index contributed by atoms with van der Waals surface area (Å²) in [5.74, 6) is 0.411. The van der Waals surface area contributed by atoms with Crippen molar-refractivity contribution in [1.82, 2.24) is 9.80 Å². The monoisotopic (exact) mass is 426 g/mol. The minimum Gasteiger partial charge on any atom is -0.391 e. The van der Waals surface area contributed by atoms with E-state index in [0.717, 1.165) is 32.6 Å². The molecule has 4 unspecified atom stereocenters. The summed E-state index contributed by atoms with van der Waals surface area (Å²) < 4.78 is 0. The molecule has 2 fully saturated rings. The van der Waals surface area contributed by atoms with Crippen LogP contribution in [0.1, 0.15) is 35.4 Å². The standard InChI is InChI=1S/C29H34N2O/c32-27(20-23-10-4-1-5-11-23)22-30-18-19-31-21-26(30)16-17-28(31)29(24-12-6-2-7-13-24)25-14-8-3-9-15-25/h1-15,26-29,32H,16-22H2. The third-order valence-electron chi connectivity index (χ3n) is 7.36. The van der Waals surface area contributed by atoms with E-state index in [1.54, 1.807) is 0 Å². The summed E-state index contributed by atoms with van der Waals surface area (Å²) in [6.45, 7) is 4.01. The van der Waals surface area contributed by atoms with E-state index in [2.05, 4.69) is 94.7 Å². The third-order valence-corrected chi connectivity index (χ3v) is 7.36. The maximum absolute atomic E-state index is 10.7. The van der Waals surface area contributed by atoms with E-state index >= 15 is 0 Å². The first-order valence-electron chi connectivity index (χ1n) is 12.1. The van der Waals surface area contributed by atoms with Gasteiger partial charge in [0.25, 0.3) is 0 Å². The minimum absolute atomic E-state index is 0.303. The smallest absolute Gasteiger partial charge is 0.0707 e. The maximum Gasteiger partial charge on any atom is 0.0707 e. The van der Waals surface area contributed by atoms with Gasteiger partial charge in [0.05, 0.1) is 6.10 Å². The Kier molecular flexibility index (Phi) is 6.68. The van der Waals surface area contributed by atoms with Crippen molar-refractivity contribution in [3.05, 3.63) is 108 Å². The molecule has 0 amide bonds. The lowest BCUT2D eigenvalue weighted by molar-refractivity contribution is -0.0189. The average molecular weight is 427 g/mol. The Morgan fingerprint density at radius 3 is 1.97 bits per heavy atom. The van der Waals surface area contributed by atoms with Gasteiger partial charge in [0.1, 0.15) is 0 Å². The van der Waals surface area contributed by atoms with Gasteiger partial charge in [-0.25, -0.2) is 0 Å². The number of rotatable bonds is 7. The van der Waals surface area contributed by atoms with Crippen LogP contribution in [0.3, 0.4) is 0 Å². The molecule has 2 bridgehead atoms. The Morgan fingerprint density at radius 2 is 1.34 bits per heavy atom. The summed E-state index contributed by atoms with van der Waals surface area (Å²) in [6, 6.07) is 33.5. The molecule has 5 rings (SSSR count). The van der Waals surface area contributed by atoms with Gasteiger partial charge in [0, 0.05) is 44.2 Å². The number of hydrogen-bond acceptors (Lipinski definition) is 3. The van der Waals surface area contributed by atoms with E-state index in [1.807, 2.05) is 6.07 Å². The minimum atomic E-state index is -0.303. The summed E-state index contributed by atoms with van der Waals surface area (Å²) in [7, 11) is 0. The van der Waals surface area contributed by atoms with E-state index in [9.17, 15) is 5.11 Å². The number of fused-ring (bicyclic) bond motifs is 2. The molecule has 1 N–H and O–H groups in total. The first-order chi connectivity index (χ1) is 15.8. The van der Waals surface area contributed by atoms with Gasteiger partial charge in [-0.2, -0.15) is 0 Å². The van der Waals surface area contributed by atoms with Crippen molar-refractivity contribution in [3.63, 3.8) is 0 Å². The molecule has 2 heterocycles. The largest absolute Gasteiger partial charge is 0.391 e. The van der Waals surface area contributed by atoms with Crippen LogP contribution in [0.25, 0.3) is 0 Å². The fourth-order valence-electron chi connectivity index (χ4n) is 5.83. The van der Waals surface area contributed by atoms with Crippen molar-refractivity contribution >= 4 is 0 Å². The maximum atomic E-state index is 10.7. The fourth-order valence-corrected chi connectivity index (χ4v) is 5.83. The SMILES string of the molecule is OC(Cc1ccccc1)CN1CCN2CC1CCC2C(c1ccccc1)c1ccccc1. The topological polar surface area (TPSA) is 26.7 Å². The molecule has 3 heteroatoms. The van der Waals surface area contributed by atoms with Crippen molar-refractivity contribution in [2.24, 2.45) is 0 Å². The van der Waals surface area contributed by atoms with Crippen LogP contribution in [0.15, 0.2) is 91.0 Å². The summed E-state index contributed by atoms with van der Waals surface area (Å²) in [4.78, 5) is 5.26. The van der Waals surface area contributed by atoms with E-state index < -0.39 is 0 Å². The molecular weight excluding hydrogens is 392 g/mol. The van der Waals surface area contributed by atoms with Crippen LogP contribution in [-0.2, 0) is 6.42 Å². The number of aliphatic hydroxyl groups excluding tert-OH is 1. The first kappa shape index (κ1) is 21.4. The van der Waals surface area contributed by atoms with Gasteiger partial charge >= 0.3 is 0 Å². The lowest BCUT2D eigenvalue weighted by atomic mass is 9.79. The Balaban J connectivity index is 1.27. The zero-order valence-corrected chi connectivity index (χ0v) is 18.8. The number of aliphatic hydroxyl groups is 1. The summed E-state index contributed by atoms with van der Waals surface area (Å²) in [6.07, 6.45) is 2.84. The van der Waals surface area contributed by atoms with Crippen LogP contribution in [0, 0.1) is 0 Å². The van der Waals surface area contributed by atoms with Crippen molar-refractivity contribution < 1.29 is 5.11 Å². The van der Waals surface area contributed by atoms with Crippen LogP contribution in [0.2, 0.25) is 0 Å². The lowest BCUT2D eigenvalue weighted by Crippen LogP contribution is -2.61. The van der Waals surface area contributed by atoms with Gasteiger partial charge in [-0.05, 0) is 36.0 Å². The molecule has 0 radical (unpaired) electrons. The molecule has 3 aromatic carbocycles.